The predicted octanol–water partition coefficient (Wildman–Crippen LogP) is 3.66. The third-order valence-corrected chi connectivity index (χ3v) is 5.55. The zero-order chi connectivity index (χ0) is 19.9. The highest BCUT2D eigenvalue weighted by Crippen LogP contribution is 2.23. The van der Waals surface area contributed by atoms with Crippen LogP contribution in [0.15, 0.2) is 54.6 Å². The van der Waals surface area contributed by atoms with Gasteiger partial charge in [0.05, 0.1) is 25.2 Å². The van der Waals surface area contributed by atoms with E-state index in [4.69, 9.17) is 10.5 Å². The molecule has 166 valence electrons. The SMILES string of the molecule is Cc1ccc(C(CNC(=O)C(C)C(N)c2ccccc2)N2CCOCC2)cc1.Cl.Cl. The minimum atomic E-state index is -0.317. The van der Waals surface area contributed by atoms with Gasteiger partial charge >= 0.3 is 0 Å². The van der Waals surface area contributed by atoms with Crippen LogP contribution in [-0.4, -0.2) is 43.7 Å². The van der Waals surface area contributed by atoms with Gasteiger partial charge in [0.2, 0.25) is 5.91 Å². The molecule has 5 nitrogen and oxygen atoms in total. The van der Waals surface area contributed by atoms with Crippen molar-refractivity contribution in [2.75, 3.05) is 32.8 Å². The lowest BCUT2D eigenvalue weighted by atomic mass is 9.94. The lowest BCUT2D eigenvalue weighted by Gasteiger charge is -2.35. The van der Waals surface area contributed by atoms with E-state index >= 15 is 0 Å². The lowest BCUT2D eigenvalue weighted by molar-refractivity contribution is -0.125. The van der Waals surface area contributed by atoms with E-state index in [1.54, 1.807) is 0 Å². The van der Waals surface area contributed by atoms with Gasteiger partial charge in [-0.15, -0.1) is 24.8 Å². The highest BCUT2D eigenvalue weighted by molar-refractivity contribution is 5.85. The first-order valence-electron chi connectivity index (χ1n) is 10.0. The average Bonchev–Trinajstić information content (AvgIpc) is 2.75. The Morgan fingerprint density at radius 2 is 1.63 bits per heavy atom. The number of morpholine rings is 1. The van der Waals surface area contributed by atoms with Gasteiger partial charge in [0.25, 0.3) is 0 Å². The molecule has 1 amide bonds. The fraction of sp³-hybridized carbons (Fsp3) is 0.435. The van der Waals surface area contributed by atoms with Crippen molar-refractivity contribution in [3.05, 3.63) is 71.3 Å². The molecular formula is C23H33Cl2N3O2. The Morgan fingerprint density at radius 3 is 2.23 bits per heavy atom. The minimum absolute atomic E-state index is 0. The van der Waals surface area contributed by atoms with Crippen molar-refractivity contribution in [3.63, 3.8) is 0 Å². The monoisotopic (exact) mass is 453 g/mol. The third kappa shape index (κ3) is 6.96. The molecule has 1 saturated heterocycles. The summed E-state index contributed by atoms with van der Waals surface area (Å²) in [6, 6.07) is 18.2. The topological polar surface area (TPSA) is 67.6 Å². The molecule has 1 aliphatic rings. The summed E-state index contributed by atoms with van der Waals surface area (Å²) in [4.78, 5) is 15.2. The second-order valence-electron chi connectivity index (χ2n) is 7.55. The summed E-state index contributed by atoms with van der Waals surface area (Å²) in [5.41, 5.74) is 9.76. The van der Waals surface area contributed by atoms with E-state index in [0.29, 0.717) is 6.54 Å². The van der Waals surface area contributed by atoms with Gasteiger partial charge in [-0.3, -0.25) is 9.69 Å². The van der Waals surface area contributed by atoms with Crippen LogP contribution < -0.4 is 11.1 Å². The van der Waals surface area contributed by atoms with Gasteiger partial charge in [0.1, 0.15) is 0 Å². The summed E-state index contributed by atoms with van der Waals surface area (Å²) in [6.45, 7) is 7.73. The Bertz CT molecular complexity index is 753. The number of nitrogens with zero attached hydrogens (tertiary/aromatic N) is 1. The highest BCUT2D eigenvalue weighted by Gasteiger charge is 2.26. The van der Waals surface area contributed by atoms with Crippen LogP contribution >= 0.6 is 24.8 Å². The van der Waals surface area contributed by atoms with Crippen LogP contribution in [0.25, 0.3) is 0 Å². The predicted molar refractivity (Wildman–Crippen MR) is 126 cm³/mol. The molecule has 1 fully saturated rings. The Morgan fingerprint density at radius 1 is 1.03 bits per heavy atom. The summed E-state index contributed by atoms with van der Waals surface area (Å²) in [5.74, 6) is -0.313. The van der Waals surface area contributed by atoms with Gasteiger partial charge in [-0.05, 0) is 18.1 Å². The van der Waals surface area contributed by atoms with Gasteiger partial charge in [0, 0.05) is 25.7 Å². The number of carbonyl (C=O) groups is 1. The largest absolute Gasteiger partial charge is 0.379 e. The van der Waals surface area contributed by atoms with Gasteiger partial charge in [-0.2, -0.15) is 0 Å². The van der Waals surface area contributed by atoms with Crippen molar-refractivity contribution in [2.45, 2.75) is 25.9 Å². The maximum Gasteiger partial charge on any atom is 0.224 e. The van der Waals surface area contributed by atoms with Crippen LogP contribution in [0.3, 0.4) is 0 Å². The van der Waals surface area contributed by atoms with E-state index in [1.165, 1.54) is 11.1 Å². The van der Waals surface area contributed by atoms with Crippen molar-refractivity contribution < 1.29 is 9.53 Å². The second-order valence-corrected chi connectivity index (χ2v) is 7.55. The molecule has 2 aromatic rings. The molecule has 2 aromatic carbocycles. The molecule has 3 rings (SSSR count). The molecular weight excluding hydrogens is 421 g/mol. The molecule has 3 N–H and O–H groups in total. The van der Waals surface area contributed by atoms with Crippen LogP contribution in [-0.2, 0) is 9.53 Å². The van der Waals surface area contributed by atoms with E-state index in [2.05, 4.69) is 41.4 Å². The number of amides is 1. The van der Waals surface area contributed by atoms with Crippen molar-refractivity contribution in [1.82, 2.24) is 10.2 Å². The minimum Gasteiger partial charge on any atom is -0.379 e. The Kier molecular flexibility index (Phi) is 11.4. The standard InChI is InChI=1S/C23H31N3O2.2ClH/c1-17-8-10-19(11-9-17)21(26-12-14-28-15-13-26)16-25-23(27)18(2)22(24)20-6-4-3-5-7-20;;/h3-11,18,21-22H,12-16,24H2,1-2H3,(H,25,27);2*1H. The molecule has 7 heteroatoms. The maximum atomic E-state index is 12.8. The lowest BCUT2D eigenvalue weighted by Crippen LogP contribution is -2.45. The van der Waals surface area contributed by atoms with E-state index in [0.717, 1.165) is 31.9 Å². The highest BCUT2D eigenvalue weighted by atomic mass is 35.5. The van der Waals surface area contributed by atoms with Crippen LogP contribution in [0.1, 0.15) is 35.7 Å². The van der Waals surface area contributed by atoms with Crippen LogP contribution in [0.2, 0.25) is 0 Å². The van der Waals surface area contributed by atoms with Gasteiger partial charge in [-0.1, -0.05) is 67.1 Å². The molecule has 1 aliphatic heterocycles. The van der Waals surface area contributed by atoms with Gasteiger partial charge in [-0.25, -0.2) is 0 Å². The summed E-state index contributed by atoms with van der Waals surface area (Å²) in [5, 5.41) is 3.14. The smallest absolute Gasteiger partial charge is 0.224 e. The molecule has 3 unspecified atom stereocenters. The number of halogens is 2. The maximum absolute atomic E-state index is 12.8. The number of benzene rings is 2. The first kappa shape index (κ1) is 26.4. The van der Waals surface area contributed by atoms with Crippen LogP contribution in [0.4, 0.5) is 0 Å². The van der Waals surface area contributed by atoms with Crippen molar-refractivity contribution in [1.29, 1.82) is 0 Å². The summed E-state index contributed by atoms with van der Waals surface area (Å²) in [7, 11) is 0. The number of rotatable bonds is 7. The molecule has 1 heterocycles. The molecule has 30 heavy (non-hydrogen) atoms. The number of aryl methyl sites for hydroxylation is 1. The fourth-order valence-electron chi connectivity index (χ4n) is 3.62. The summed E-state index contributed by atoms with van der Waals surface area (Å²) in [6.07, 6.45) is 0. The summed E-state index contributed by atoms with van der Waals surface area (Å²) < 4.78 is 5.50. The molecule has 0 bridgehead atoms. The average molecular weight is 454 g/mol. The fourth-order valence-corrected chi connectivity index (χ4v) is 3.62. The number of nitrogens with two attached hydrogens (primary N) is 1. The zero-order valence-electron chi connectivity index (χ0n) is 17.6. The van der Waals surface area contributed by atoms with Crippen molar-refractivity contribution >= 4 is 30.7 Å². The molecule has 0 radical (unpaired) electrons. The zero-order valence-corrected chi connectivity index (χ0v) is 19.3. The quantitative estimate of drug-likeness (QED) is 0.670. The number of ether oxygens (including phenoxy) is 1. The van der Waals surface area contributed by atoms with Crippen molar-refractivity contribution in [2.24, 2.45) is 11.7 Å². The normalized spacial score (nSPS) is 17.0. The number of carbonyl (C=O) groups excluding carboxylic acids is 1. The second kappa shape index (κ2) is 12.9. The number of hydrogen-bond acceptors (Lipinski definition) is 4. The van der Waals surface area contributed by atoms with E-state index in [1.807, 2.05) is 37.3 Å². The number of nitrogens with one attached hydrogen (secondary N) is 1. The van der Waals surface area contributed by atoms with Gasteiger partial charge in [0.15, 0.2) is 0 Å². The van der Waals surface area contributed by atoms with Crippen molar-refractivity contribution in [3.8, 4) is 0 Å². The first-order valence-corrected chi connectivity index (χ1v) is 10.0. The molecule has 0 spiro atoms. The van der Waals surface area contributed by atoms with E-state index in [9.17, 15) is 4.79 Å². The van der Waals surface area contributed by atoms with Gasteiger partial charge < -0.3 is 15.8 Å². The van der Waals surface area contributed by atoms with Crippen LogP contribution in [0, 0.1) is 12.8 Å². The summed E-state index contributed by atoms with van der Waals surface area (Å²) >= 11 is 0. The third-order valence-electron chi connectivity index (χ3n) is 5.55. The number of hydrogen-bond donors (Lipinski definition) is 2. The Hall–Kier alpha value is -1.63. The van der Waals surface area contributed by atoms with E-state index < -0.39 is 0 Å². The molecule has 0 aromatic heterocycles. The van der Waals surface area contributed by atoms with E-state index in [-0.39, 0.29) is 48.7 Å². The molecule has 0 saturated carbocycles. The Balaban J connectivity index is 0.00000225. The molecule has 3 atom stereocenters. The molecule has 0 aliphatic carbocycles. The first-order chi connectivity index (χ1) is 13.6. The Labute approximate surface area is 192 Å². The van der Waals surface area contributed by atoms with Crippen LogP contribution in [0.5, 0.6) is 0 Å².